The van der Waals surface area contributed by atoms with Gasteiger partial charge in [-0.05, 0) is 69.0 Å². The molecule has 35 heavy (non-hydrogen) atoms. The van der Waals surface area contributed by atoms with Gasteiger partial charge in [0.05, 0.1) is 5.41 Å². The van der Waals surface area contributed by atoms with Crippen molar-refractivity contribution < 1.29 is 14.4 Å². The molecular weight excluding hydrogens is 442 g/mol. The van der Waals surface area contributed by atoms with Crippen molar-refractivity contribution >= 4 is 29.2 Å². The smallest absolute Gasteiger partial charge is 0.244 e. The summed E-state index contributed by atoms with van der Waals surface area (Å²) in [7, 11) is 2.04. The van der Waals surface area contributed by atoms with Crippen LogP contribution in [0, 0.1) is 0 Å². The second kappa shape index (κ2) is 7.88. The molecule has 2 aromatic rings. The first-order valence-corrected chi connectivity index (χ1v) is 12.5. The summed E-state index contributed by atoms with van der Waals surface area (Å²) in [5, 5.41) is 5.93. The summed E-state index contributed by atoms with van der Waals surface area (Å²) in [5.74, 6) is 0.520. The molecule has 1 saturated heterocycles. The predicted molar refractivity (Wildman–Crippen MR) is 132 cm³/mol. The molecular formula is C27H31N5O3. The van der Waals surface area contributed by atoms with Crippen LogP contribution in [0.15, 0.2) is 36.5 Å². The first-order chi connectivity index (χ1) is 16.8. The van der Waals surface area contributed by atoms with Gasteiger partial charge in [0, 0.05) is 30.0 Å². The maximum absolute atomic E-state index is 13.4. The molecule has 2 N–H and O–H groups in total. The van der Waals surface area contributed by atoms with Crippen molar-refractivity contribution in [2.75, 3.05) is 30.8 Å². The monoisotopic (exact) mass is 473 g/mol. The third-order valence-electron chi connectivity index (χ3n) is 8.67. The molecule has 1 saturated carbocycles. The third kappa shape index (κ3) is 3.30. The lowest BCUT2D eigenvalue weighted by atomic mass is 9.79. The van der Waals surface area contributed by atoms with Crippen LogP contribution in [0.5, 0.6) is 0 Å². The molecule has 1 aromatic carbocycles. The van der Waals surface area contributed by atoms with E-state index in [-0.39, 0.29) is 30.3 Å². The van der Waals surface area contributed by atoms with E-state index >= 15 is 0 Å². The topological polar surface area (TPSA) is 94.6 Å². The number of nitrogens with zero attached hydrogens (tertiary/aromatic N) is 3. The van der Waals surface area contributed by atoms with Gasteiger partial charge in [-0.2, -0.15) is 0 Å². The number of carbonyl (C=O) groups is 3. The number of amides is 3. The number of nitrogens with one attached hydrogen (secondary N) is 2. The Morgan fingerprint density at radius 3 is 2.74 bits per heavy atom. The Hall–Kier alpha value is -3.26. The number of carbonyl (C=O) groups excluding carboxylic acids is 3. The minimum absolute atomic E-state index is 0.0149. The molecule has 2 atom stereocenters. The molecule has 0 radical (unpaired) electrons. The van der Waals surface area contributed by atoms with Crippen LogP contribution in [0.1, 0.15) is 49.3 Å². The molecule has 3 amide bonds. The molecule has 2 fully saturated rings. The zero-order valence-corrected chi connectivity index (χ0v) is 20.3. The van der Waals surface area contributed by atoms with E-state index in [0.717, 1.165) is 48.9 Å². The fraction of sp³-hybridized carbons (Fsp3) is 0.481. The largest absolute Gasteiger partial charge is 0.328 e. The van der Waals surface area contributed by atoms with Gasteiger partial charge < -0.3 is 15.5 Å². The molecule has 0 unspecified atom stereocenters. The number of hydrogen-bond acceptors (Lipinski definition) is 5. The Morgan fingerprint density at radius 1 is 1.17 bits per heavy atom. The fourth-order valence-corrected chi connectivity index (χ4v) is 6.78. The molecule has 2 aliphatic carbocycles. The molecule has 2 aliphatic heterocycles. The second-order valence-electron chi connectivity index (χ2n) is 10.7. The first kappa shape index (κ1) is 22.2. The second-order valence-corrected chi connectivity index (χ2v) is 10.7. The van der Waals surface area contributed by atoms with Crippen LogP contribution < -0.4 is 10.6 Å². The van der Waals surface area contributed by atoms with E-state index in [2.05, 4.69) is 20.5 Å². The van der Waals surface area contributed by atoms with Gasteiger partial charge in [0.2, 0.25) is 17.7 Å². The Labute approximate surface area is 205 Å². The normalized spacial score (nSPS) is 26.8. The van der Waals surface area contributed by atoms with E-state index in [9.17, 15) is 14.4 Å². The summed E-state index contributed by atoms with van der Waals surface area (Å²) in [5.41, 5.74) is 2.73. The SMILES string of the molecule is C[C@H]1CN(C)C2(CCCC2)C(=O)N1CC(=O)Nc1ccc2c(c1)C[C@@]1(C2)C(=O)Nc2ncccc21. The number of hydrogen-bond donors (Lipinski definition) is 2. The van der Waals surface area contributed by atoms with E-state index < -0.39 is 11.0 Å². The van der Waals surface area contributed by atoms with E-state index in [1.54, 1.807) is 11.1 Å². The number of likely N-dealkylation sites (N-methyl/N-ethyl adjacent to an activating group) is 1. The number of fused-ring (bicyclic) bond motifs is 3. The van der Waals surface area contributed by atoms with Crippen LogP contribution in [-0.4, -0.2) is 64.2 Å². The quantitative estimate of drug-likeness (QED) is 0.714. The van der Waals surface area contributed by atoms with Gasteiger partial charge in [0.25, 0.3) is 0 Å². The molecule has 6 rings (SSSR count). The van der Waals surface area contributed by atoms with E-state index in [1.165, 1.54) is 0 Å². The van der Waals surface area contributed by atoms with Crippen LogP contribution in [0.3, 0.4) is 0 Å². The highest BCUT2D eigenvalue weighted by atomic mass is 16.2. The molecule has 8 heteroatoms. The van der Waals surface area contributed by atoms with Crippen LogP contribution in [0.4, 0.5) is 11.5 Å². The van der Waals surface area contributed by atoms with Crippen molar-refractivity contribution in [3.63, 3.8) is 0 Å². The van der Waals surface area contributed by atoms with Crippen LogP contribution in [0.25, 0.3) is 0 Å². The summed E-state index contributed by atoms with van der Waals surface area (Å²) < 4.78 is 0. The van der Waals surface area contributed by atoms with Crippen LogP contribution in [-0.2, 0) is 32.6 Å². The van der Waals surface area contributed by atoms with Gasteiger partial charge in [-0.15, -0.1) is 0 Å². The minimum atomic E-state index is -0.633. The number of aromatic nitrogens is 1. The summed E-state index contributed by atoms with van der Waals surface area (Å²) in [6, 6.07) is 9.68. The van der Waals surface area contributed by atoms with Crippen molar-refractivity contribution in [2.24, 2.45) is 0 Å². The van der Waals surface area contributed by atoms with Crippen molar-refractivity contribution in [3.8, 4) is 0 Å². The average Bonchev–Trinajstić information content (AvgIpc) is 3.53. The van der Waals surface area contributed by atoms with Crippen molar-refractivity contribution in [3.05, 3.63) is 53.2 Å². The number of benzene rings is 1. The summed E-state index contributed by atoms with van der Waals surface area (Å²) in [6.45, 7) is 2.84. The highest BCUT2D eigenvalue weighted by Gasteiger charge is 2.52. The summed E-state index contributed by atoms with van der Waals surface area (Å²) >= 11 is 0. The van der Waals surface area contributed by atoms with Gasteiger partial charge in [0.15, 0.2) is 0 Å². The van der Waals surface area contributed by atoms with Crippen molar-refractivity contribution in [1.29, 1.82) is 0 Å². The molecule has 3 heterocycles. The van der Waals surface area contributed by atoms with Gasteiger partial charge in [0.1, 0.15) is 17.9 Å². The lowest BCUT2D eigenvalue weighted by Gasteiger charge is -2.49. The maximum Gasteiger partial charge on any atom is 0.244 e. The number of rotatable bonds is 3. The highest BCUT2D eigenvalue weighted by Crippen LogP contribution is 2.47. The Bertz CT molecular complexity index is 1240. The van der Waals surface area contributed by atoms with E-state index in [1.807, 2.05) is 44.3 Å². The first-order valence-electron chi connectivity index (χ1n) is 12.5. The van der Waals surface area contributed by atoms with E-state index in [4.69, 9.17) is 0 Å². The zero-order chi connectivity index (χ0) is 24.4. The lowest BCUT2D eigenvalue weighted by Crippen LogP contribution is -2.67. The lowest BCUT2D eigenvalue weighted by molar-refractivity contribution is -0.155. The number of pyridine rings is 1. The minimum Gasteiger partial charge on any atom is -0.328 e. The number of piperazine rings is 1. The van der Waals surface area contributed by atoms with Crippen molar-refractivity contribution in [1.82, 2.24) is 14.8 Å². The molecule has 8 nitrogen and oxygen atoms in total. The standard InChI is InChI=1S/C27H31N5O3/c1-17-15-31(2)27(9-3-4-10-27)25(35)32(17)16-22(33)29-20-8-7-18-13-26(14-19(18)12-20)21-6-5-11-28-23(21)30-24(26)34/h5-8,11-12,17H,3-4,9-10,13-16H2,1-2H3,(H,29,33)(H,28,30,34)/t17-,26+/m0/s1. The zero-order valence-electron chi connectivity index (χ0n) is 20.3. The van der Waals surface area contributed by atoms with E-state index in [0.29, 0.717) is 24.3 Å². The molecule has 182 valence electrons. The van der Waals surface area contributed by atoms with Crippen molar-refractivity contribution in [2.45, 2.75) is 62.4 Å². The van der Waals surface area contributed by atoms with Gasteiger partial charge >= 0.3 is 0 Å². The highest BCUT2D eigenvalue weighted by molar-refractivity contribution is 6.06. The molecule has 0 bridgehead atoms. The Kier molecular flexibility index (Phi) is 5.00. The van der Waals surface area contributed by atoms with Crippen LogP contribution >= 0.6 is 0 Å². The van der Waals surface area contributed by atoms with Crippen LogP contribution in [0.2, 0.25) is 0 Å². The van der Waals surface area contributed by atoms with Gasteiger partial charge in [-0.25, -0.2) is 4.98 Å². The summed E-state index contributed by atoms with van der Waals surface area (Å²) in [6.07, 6.45) is 6.73. The third-order valence-corrected chi connectivity index (χ3v) is 8.67. The molecule has 2 spiro atoms. The van der Waals surface area contributed by atoms with Gasteiger partial charge in [-0.3, -0.25) is 19.3 Å². The summed E-state index contributed by atoms with van der Waals surface area (Å²) in [4.78, 5) is 47.7. The fourth-order valence-electron chi connectivity index (χ4n) is 6.78. The number of anilines is 2. The molecule has 4 aliphatic rings. The predicted octanol–water partition coefficient (Wildman–Crippen LogP) is 2.48. The molecule has 1 aromatic heterocycles. The average molecular weight is 474 g/mol. The Balaban J connectivity index is 1.18. The Morgan fingerprint density at radius 2 is 1.94 bits per heavy atom. The van der Waals surface area contributed by atoms with Gasteiger partial charge in [-0.1, -0.05) is 25.0 Å². The maximum atomic E-state index is 13.4.